The zero-order chi connectivity index (χ0) is 11.8. The fourth-order valence-electron chi connectivity index (χ4n) is 1.32. The Balaban J connectivity index is 2.40. The number of carbonyl (C=O) groups excluding carboxylic acids is 1. The molecular formula is C11H17NO3S. The Morgan fingerprint density at radius 2 is 2.50 bits per heavy atom. The van der Waals surface area contributed by atoms with E-state index < -0.39 is 0 Å². The minimum absolute atomic E-state index is 0.222. The maximum absolute atomic E-state index is 11.5. The smallest absolute Gasteiger partial charge is 0.322 e. The Hall–Kier alpha value is -0.940. The number of ether oxygens (including phenoxy) is 1. The average Bonchev–Trinajstić information content (AvgIpc) is 2.81. The molecule has 4 nitrogen and oxygen atoms in total. The summed E-state index contributed by atoms with van der Waals surface area (Å²) in [6, 6.07) is 3.43. The number of carbonyl (C=O) groups is 1. The second-order valence-corrected chi connectivity index (χ2v) is 4.30. The maximum atomic E-state index is 11.5. The number of thioether (sulfide) groups is 1. The van der Waals surface area contributed by atoms with Crippen molar-refractivity contribution in [3.63, 3.8) is 0 Å². The van der Waals surface area contributed by atoms with Crippen LogP contribution in [0.3, 0.4) is 0 Å². The van der Waals surface area contributed by atoms with Gasteiger partial charge < -0.3 is 9.15 Å². The summed E-state index contributed by atoms with van der Waals surface area (Å²) in [5.74, 6) is 1.52. The first kappa shape index (κ1) is 13.1. The quantitative estimate of drug-likeness (QED) is 0.738. The van der Waals surface area contributed by atoms with Crippen molar-refractivity contribution in [1.29, 1.82) is 0 Å². The summed E-state index contributed by atoms with van der Waals surface area (Å²) in [4.78, 5) is 11.5. The van der Waals surface area contributed by atoms with E-state index in [9.17, 15) is 4.79 Å². The number of nitrogens with one attached hydrogen (secondary N) is 1. The van der Waals surface area contributed by atoms with Crippen molar-refractivity contribution in [2.45, 2.75) is 19.0 Å². The lowest BCUT2D eigenvalue weighted by molar-refractivity contribution is -0.143. The topological polar surface area (TPSA) is 51.5 Å². The molecule has 16 heavy (non-hydrogen) atoms. The van der Waals surface area contributed by atoms with E-state index in [0.29, 0.717) is 6.54 Å². The highest BCUT2D eigenvalue weighted by atomic mass is 32.2. The van der Waals surface area contributed by atoms with Crippen LogP contribution in [-0.2, 0) is 16.1 Å². The molecule has 0 aliphatic carbocycles. The highest BCUT2D eigenvalue weighted by molar-refractivity contribution is 7.98. The lowest BCUT2D eigenvalue weighted by Gasteiger charge is -2.14. The minimum atomic E-state index is -0.262. The Kier molecular flexibility index (Phi) is 6.03. The normalized spacial score (nSPS) is 12.4. The van der Waals surface area contributed by atoms with Crippen LogP contribution in [-0.4, -0.2) is 31.1 Å². The Labute approximate surface area is 99.7 Å². The van der Waals surface area contributed by atoms with Crippen LogP contribution in [0, 0.1) is 0 Å². The molecule has 5 heteroatoms. The Morgan fingerprint density at radius 1 is 1.69 bits per heavy atom. The molecule has 1 atom stereocenters. The predicted molar refractivity (Wildman–Crippen MR) is 64.4 cm³/mol. The second-order valence-electron chi connectivity index (χ2n) is 3.32. The molecule has 0 aromatic carbocycles. The van der Waals surface area contributed by atoms with Gasteiger partial charge >= 0.3 is 5.97 Å². The van der Waals surface area contributed by atoms with Gasteiger partial charge in [0.05, 0.1) is 19.9 Å². The van der Waals surface area contributed by atoms with Gasteiger partial charge in [0.15, 0.2) is 0 Å². The number of methoxy groups -OCH3 is 1. The van der Waals surface area contributed by atoms with Gasteiger partial charge in [0.25, 0.3) is 0 Å². The molecule has 0 radical (unpaired) electrons. The molecular weight excluding hydrogens is 226 g/mol. The van der Waals surface area contributed by atoms with Crippen LogP contribution in [0.15, 0.2) is 22.8 Å². The summed E-state index contributed by atoms with van der Waals surface area (Å²) in [6.45, 7) is 0.543. The molecule has 1 aromatic rings. The number of furan rings is 1. The fourth-order valence-corrected chi connectivity index (χ4v) is 1.79. The number of hydrogen-bond donors (Lipinski definition) is 1. The molecule has 1 aromatic heterocycles. The van der Waals surface area contributed by atoms with E-state index in [2.05, 4.69) is 5.32 Å². The van der Waals surface area contributed by atoms with Crippen LogP contribution in [0.2, 0.25) is 0 Å². The van der Waals surface area contributed by atoms with Gasteiger partial charge in [-0.05, 0) is 30.6 Å². The lowest BCUT2D eigenvalue weighted by Crippen LogP contribution is -2.37. The van der Waals surface area contributed by atoms with Gasteiger partial charge in [0.2, 0.25) is 0 Å². The van der Waals surface area contributed by atoms with Crippen molar-refractivity contribution >= 4 is 17.7 Å². The van der Waals surface area contributed by atoms with Crippen LogP contribution in [0.25, 0.3) is 0 Å². The zero-order valence-electron chi connectivity index (χ0n) is 9.56. The van der Waals surface area contributed by atoms with E-state index in [1.807, 2.05) is 18.4 Å². The van der Waals surface area contributed by atoms with Crippen LogP contribution < -0.4 is 5.32 Å². The molecule has 0 spiro atoms. The van der Waals surface area contributed by atoms with Crippen LogP contribution in [0.5, 0.6) is 0 Å². The predicted octanol–water partition coefficient (Wildman–Crippen LogP) is 1.66. The molecule has 0 fully saturated rings. The molecule has 0 saturated carbocycles. The van der Waals surface area contributed by atoms with Crippen LogP contribution in [0.4, 0.5) is 0 Å². The molecule has 1 rings (SSSR count). The monoisotopic (exact) mass is 243 g/mol. The summed E-state index contributed by atoms with van der Waals surface area (Å²) < 4.78 is 9.92. The standard InChI is InChI=1S/C11H17NO3S/c1-14-11(13)10(5-7-16-2)12-8-9-4-3-6-15-9/h3-4,6,10,12H,5,7-8H2,1-2H3/t10-/m0/s1. The van der Waals surface area contributed by atoms with Crippen molar-refractivity contribution in [3.05, 3.63) is 24.2 Å². The molecule has 1 N–H and O–H groups in total. The van der Waals surface area contributed by atoms with E-state index in [-0.39, 0.29) is 12.0 Å². The van der Waals surface area contributed by atoms with E-state index in [0.717, 1.165) is 17.9 Å². The van der Waals surface area contributed by atoms with Gasteiger partial charge in [-0.3, -0.25) is 10.1 Å². The van der Waals surface area contributed by atoms with Crippen LogP contribution in [0.1, 0.15) is 12.2 Å². The Bertz CT molecular complexity index is 300. The third-order valence-electron chi connectivity index (χ3n) is 2.20. The van der Waals surface area contributed by atoms with Crippen molar-refractivity contribution < 1.29 is 13.9 Å². The fraction of sp³-hybridized carbons (Fsp3) is 0.545. The number of esters is 1. The summed E-state index contributed by atoms with van der Waals surface area (Å²) in [7, 11) is 1.41. The van der Waals surface area contributed by atoms with Gasteiger partial charge in [-0.15, -0.1) is 0 Å². The summed E-state index contributed by atoms with van der Waals surface area (Å²) >= 11 is 1.71. The molecule has 90 valence electrons. The zero-order valence-corrected chi connectivity index (χ0v) is 10.4. The Morgan fingerprint density at radius 3 is 3.06 bits per heavy atom. The minimum Gasteiger partial charge on any atom is -0.468 e. The maximum Gasteiger partial charge on any atom is 0.322 e. The molecule has 0 saturated heterocycles. The van der Waals surface area contributed by atoms with Gasteiger partial charge in [-0.25, -0.2) is 0 Å². The highest BCUT2D eigenvalue weighted by Crippen LogP contribution is 2.05. The van der Waals surface area contributed by atoms with Crippen LogP contribution >= 0.6 is 11.8 Å². The van der Waals surface area contributed by atoms with E-state index in [1.54, 1.807) is 18.0 Å². The van der Waals surface area contributed by atoms with Gasteiger partial charge in [0.1, 0.15) is 11.8 Å². The number of rotatable bonds is 7. The third-order valence-corrected chi connectivity index (χ3v) is 2.84. The van der Waals surface area contributed by atoms with Crippen molar-refractivity contribution in [3.8, 4) is 0 Å². The molecule has 0 bridgehead atoms. The summed E-state index contributed by atoms with van der Waals surface area (Å²) in [5, 5.41) is 3.13. The van der Waals surface area contributed by atoms with Gasteiger partial charge in [-0.1, -0.05) is 0 Å². The summed E-state index contributed by atoms with van der Waals surface area (Å²) in [5.41, 5.74) is 0. The first-order valence-electron chi connectivity index (χ1n) is 5.10. The van der Waals surface area contributed by atoms with Crippen molar-refractivity contribution in [2.75, 3.05) is 19.1 Å². The van der Waals surface area contributed by atoms with E-state index in [4.69, 9.17) is 9.15 Å². The SMILES string of the molecule is COC(=O)[C@H](CCSC)NCc1ccco1. The molecule has 0 amide bonds. The summed E-state index contributed by atoms with van der Waals surface area (Å²) in [6.07, 6.45) is 4.39. The van der Waals surface area contributed by atoms with E-state index in [1.165, 1.54) is 7.11 Å². The first-order chi connectivity index (χ1) is 7.77. The van der Waals surface area contributed by atoms with Crippen molar-refractivity contribution in [2.24, 2.45) is 0 Å². The third kappa shape index (κ3) is 4.28. The van der Waals surface area contributed by atoms with Gasteiger partial charge in [-0.2, -0.15) is 11.8 Å². The number of hydrogen-bond acceptors (Lipinski definition) is 5. The average molecular weight is 243 g/mol. The highest BCUT2D eigenvalue weighted by Gasteiger charge is 2.18. The molecule has 0 aliphatic heterocycles. The largest absolute Gasteiger partial charge is 0.468 e. The molecule has 1 heterocycles. The van der Waals surface area contributed by atoms with Crippen molar-refractivity contribution in [1.82, 2.24) is 5.32 Å². The van der Waals surface area contributed by atoms with E-state index >= 15 is 0 Å². The molecule has 0 aliphatic rings. The first-order valence-corrected chi connectivity index (χ1v) is 6.50. The lowest BCUT2D eigenvalue weighted by atomic mass is 10.2. The second kappa shape index (κ2) is 7.35. The molecule has 0 unspecified atom stereocenters. The van der Waals surface area contributed by atoms with Gasteiger partial charge in [0, 0.05) is 0 Å².